The van der Waals surface area contributed by atoms with Gasteiger partial charge in [0.05, 0.1) is 11.3 Å². The molecule has 0 aliphatic carbocycles. The average molecular weight is 413 g/mol. The van der Waals surface area contributed by atoms with Gasteiger partial charge in [0.1, 0.15) is 5.82 Å². The molecule has 0 bridgehead atoms. The number of hydrogen-bond acceptors (Lipinski definition) is 4. The Morgan fingerprint density at radius 2 is 1.79 bits per heavy atom. The van der Waals surface area contributed by atoms with Crippen LogP contribution in [0, 0.1) is 18.7 Å². The molecule has 0 saturated carbocycles. The van der Waals surface area contributed by atoms with Crippen LogP contribution in [0.1, 0.15) is 26.3 Å². The fraction of sp³-hybridized carbons (Fsp3) is 0.318. The quantitative estimate of drug-likeness (QED) is 0.575. The molecule has 1 amide bonds. The van der Waals surface area contributed by atoms with Crippen LogP contribution in [0.4, 0.5) is 4.39 Å². The van der Waals surface area contributed by atoms with Gasteiger partial charge in [0.25, 0.3) is 0 Å². The van der Waals surface area contributed by atoms with Crippen LogP contribution in [0.5, 0.6) is 0 Å². The Morgan fingerprint density at radius 3 is 2.45 bits per heavy atom. The van der Waals surface area contributed by atoms with Gasteiger partial charge >= 0.3 is 0 Å². The molecule has 2 aromatic carbocycles. The first-order valence-corrected chi connectivity index (χ1v) is 10.5. The Kier molecular flexibility index (Phi) is 6.69. The Bertz CT molecular complexity index is 985. The number of aromatic nitrogens is 3. The molecule has 1 unspecified atom stereocenters. The number of rotatable bonds is 7. The fourth-order valence-corrected chi connectivity index (χ4v) is 3.46. The number of benzene rings is 2. The second kappa shape index (κ2) is 9.22. The maximum absolute atomic E-state index is 14.4. The van der Waals surface area contributed by atoms with Gasteiger partial charge < -0.3 is 5.32 Å². The zero-order chi connectivity index (χ0) is 21.0. The Hall–Kier alpha value is -2.67. The normalized spacial score (nSPS) is 12.2. The highest BCUT2D eigenvalue weighted by Gasteiger charge is 2.20. The van der Waals surface area contributed by atoms with Gasteiger partial charge in [-0.25, -0.2) is 4.39 Å². The smallest absolute Gasteiger partial charge is 0.230 e. The van der Waals surface area contributed by atoms with Crippen LogP contribution in [0.15, 0.2) is 53.7 Å². The minimum absolute atomic E-state index is 0.0675. The molecule has 5 nitrogen and oxygen atoms in total. The monoisotopic (exact) mass is 412 g/mol. The Morgan fingerprint density at radius 1 is 1.10 bits per heavy atom. The number of carbonyl (C=O) groups excluding carboxylic acids is 1. The fourth-order valence-electron chi connectivity index (χ4n) is 2.70. The molecule has 0 fully saturated rings. The van der Waals surface area contributed by atoms with E-state index < -0.39 is 0 Å². The number of aryl methyl sites for hydroxylation is 1. The molecular weight excluding hydrogens is 387 g/mol. The van der Waals surface area contributed by atoms with E-state index >= 15 is 0 Å². The summed E-state index contributed by atoms with van der Waals surface area (Å²) in [7, 11) is 0. The SMILES string of the molecule is Cc1ccc(-n2c(SCC(=O)NC(C)C(C)C)nnc2-c2ccccc2F)cc1. The summed E-state index contributed by atoms with van der Waals surface area (Å²) in [6.45, 7) is 8.11. The summed E-state index contributed by atoms with van der Waals surface area (Å²) in [6, 6.07) is 14.4. The molecule has 0 aliphatic heterocycles. The molecule has 0 spiro atoms. The third-order valence-corrected chi connectivity index (χ3v) is 5.69. The number of thioether (sulfide) groups is 1. The highest BCUT2D eigenvalue weighted by molar-refractivity contribution is 7.99. The molecule has 3 aromatic rings. The predicted octanol–water partition coefficient (Wildman–Crippen LogP) is 4.63. The summed E-state index contributed by atoms with van der Waals surface area (Å²) < 4.78 is 16.2. The second-order valence-electron chi connectivity index (χ2n) is 7.35. The van der Waals surface area contributed by atoms with Crippen LogP contribution in [0.25, 0.3) is 17.1 Å². The van der Waals surface area contributed by atoms with Crippen LogP contribution in [-0.4, -0.2) is 32.5 Å². The van der Waals surface area contributed by atoms with Crippen LogP contribution < -0.4 is 5.32 Å². The van der Waals surface area contributed by atoms with Crippen molar-refractivity contribution in [2.24, 2.45) is 5.92 Å². The lowest BCUT2D eigenvalue weighted by Gasteiger charge is -2.17. The third-order valence-electron chi connectivity index (χ3n) is 4.76. The Balaban J connectivity index is 1.92. The maximum Gasteiger partial charge on any atom is 0.230 e. The van der Waals surface area contributed by atoms with Gasteiger partial charge in [-0.05, 0) is 44.0 Å². The standard InChI is InChI=1S/C22H25FN4OS/c1-14(2)16(4)24-20(28)13-29-22-26-25-21(18-7-5-6-8-19(18)23)27(22)17-11-9-15(3)10-12-17/h5-12,14,16H,13H2,1-4H3,(H,24,28). The van der Waals surface area contributed by atoms with E-state index in [9.17, 15) is 9.18 Å². The number of amides is 1. The summed E-state index contributed by atoms with van der Waals surface area (Å²) >= 11 is 1.28. The summed E-state index contributed by atoms with van der Waals surface area (Å²) in [5, 5.41) is 12.0. The van der Waals surface area contributed by atoms with E-state index in [1.54, 1.807) is 22.8 Å². The van der Waals surface area contributed by atoms with Crippen molar-refractivity contribution in [3.63, 3.8) is 0 Å². The lowest BCUT2D eigenvalue weighted by Crippen LogP contribution is -2.37. The van der Waals surface area contributed by atoms with Crippen molar-refractivity contribution in [1.82, 2.24) is 20.1 Å². The van der Waals surface area contributed by atoms with Gasteiger partial charge in [0.15, 0.2) is 11.0 Å². The zero-order valence-corrected chi connectivity index (χ0v) is 17.8. The van der Waals surface area contributed by atoms with Crippen molar-refractivity contribution in [3.05, 3.63) is 59.9 Å². The van der Waals surface area contributed by atoms with Crippen molar-refractivity contribution >= 4 is 17.7 Å². The first-order chi connectivity index (χ1) is 13.9. The van der Waals surface area contributed by atoms with Crippen LogP contribution >= 0.6 is 11.8 Å². The van der Waals surface area contributed by atoms with Crippen LogP contribution in [-0.2, 0) is 4.79 Å². The highest BCUT2D eigenvalue weighted by atomic mass is 32.2. The van der Waals surface area contributed by atoms with E-state index in [0.717, 1.165) is 11.3 Å². The van der Waals surface area contributed by atoms with Crippen molar-refractivity contribution in [1.29, 1.82) is 0 Å². The first-order valence-electron chi connectivity index (χ1n) is 9.56. The molecular formula is C22H25FN4OS. The zero-order valence-electron chi connectivity index (χ0n) is 17.0. The molecule has 1 N–H and O–H groups in total. The number of halogens is 1. The molecule has 3 rings (SSSR count). The lowest BCUT2D eigenvalue weighted by molar-refractivity contribution is -0.119. The van der Waals surface area contributed by atoms with Crippen molar-refractivity contribution < 1.29 is 9.18 Å². The van der Waals surface area contributed by atoms with Gasteiger partial charge in [-0.2, -0.15) is 0 Å². The molecule has 29 heavy (non-hydrogen) atoms. The summed E-state index contributed by atoms with van der Waals surface area (Å²) in [5.74, 6) is 0.534. The molecule has 0 radical (unpaired) electrons. The maximum atomic E-state index is 14.4. The Labute approximate surface area is 174 Å². The van der Waals surface area contributed by atoms with Crippen molar-refractivity contribution in [3.8, 4) is 17.1 Å². The molecule has 0 aliphatic rings. The van der Waals surface area contributed by atoms with E-state index in [4.69, 9.17) is 0 Å². The van der Waals surface area contributed by atoms with E-state index in [0.29, 0.717) is 22.5 Å². The predicted molar refractivity (Wildman–Crippen MR) is 115 cm³/mol. The largest absolute Gasteiger partial charge is 0.353 e. The van der Waals surface area contributed by atoms with Gasteiger partial charge in [-0.15, -0.1) is 10.2 Å². The van der Waals surface area contributed by atoms with Gasteiger partial charge in [0.2, 0.25) is 5.91 Å². The number of nitrogens with one attached hydrogen (secondary N) is 1. The summed E-state index contributed by atoms with van der Waals surface area (Å²) in [6.07, 6.45) is 0. The van der Waals surface area contributed by atoms with E-state index in [1.807, 2.05) is 38.1 Å². The highest BCUT2D eigenvalue weighted by Crippen LogP contribution is 2.29. The van der Waals surface area contributed by atoms with Gasteiger partial charge in [0, 0.05) is 11.7 Å². The van der Waals surface area contributed by atoms with Crippen LogP contribution in [0.3, 0.4) is 0 Å². The van der Waals surface area contributed by atoms with Gasteiger partial charge in [-0.1, -0.05) is 55.4 Å². The van der Waals surface area contributed by atoms with Crippen molar-refractivity contribution in [2.75, 3.05) is 5.75 Å². The minimum Gasteiger partial charge on any atom is -0.353 e. The average Bonchev–Trinajstić information content (AvgIpc) is 3.11. The summed E-state index contributed by atoms with van der Waals surface area (Å²) in [4.78, 5) is 12.3. The van der Waals surface area contributed by atoms with Crippen molar-refractivity contribution in [2.45, 2.75) is 38.9 Å². The molecule has 152 valence electrons. The first kappa shape index (κ1) is 21.0. The second-order valence-corrected chi connectivity index (χ2v) is 8.29. The van der Waals surface area contributed by atoms with E-state index in [1.165, 1.54) is 17.8 Å². The molecule has 1 aromatic heterocycles. The molecule has 7 heteroatoms. The third kappa shape index (κ3) is 5.03. The van der Waals surface area contributed by atoms with E-state index in [2.05, 4.69) is 29.4 Å². The lowest BCUT2D eigenvalue weighted by atomic mass is 10.1. The number of nitrogens with zero attached hydrogens (tertiary/aromatic N) is 3. The van der Waals surface area contributed by atoms with Crippen LogP contribution in [0.2, 0.25) is 0 Å². The minimum atomic E-state index is -0.367. The number of hydrogen-bond donors (Lipinski definition) is 1. The van der Waals surface area contributed by atoms with E-state index in [-0.39, 0.29) is 23.5 Å². The van der Waals surface area contributed by atoms with Gasteiger partial charge in [-0.3, -0.25) is 9.36 Å². The molecule has 0 saturated heterocycles. The molecule has 1 heterocycles. The molecule has 1 atom stereocenters. The topological polar surface area (TPSA) is 59.8 Å². The summed E-state index contributed by atoms with van der Waals surface area (Å²) in [5.41, 5.74) is 2.30. The number of carbonyl (C=O) groups is 1.